The van der Waals surface area contributed by atoms with Crippen molar-refractivity contribution in [1.82, 2.24) is 5.32 Å². The average molecular weight is 265 g/mol. The Bertz CT molecular complexity index is 497. The van der Waals surface area contributed by atoms with E-state index in [4.69, 9.17) is 17.3 Å². The summed E-state index contributed by atoms with van der Waals surface area (Å²) >= 11 is 6.13. The summed E-state index contributed by atoms with van der Waals surface area (Å²) in [5, 5.41) is 3.57. The van der Waals surface area contributed by atoms with Gasteiger partial charge in [-0.05, 0) is 30.9 Å². The molecule has 0 radical (unpaired) electrons. The molecule has 1 aliphatic carbocycles. The second-order valence-corrected chi connectivity index (χ2v) is 4.93. The first kappa shape index (κ1) is 13.0. The molecule has 18 heavy (non-hydrogen) atoms. The van der Waals surface area contributed by atoms with Gasteiger partial charge < -0.3 is 11.1 Å². The number of nitrogens with one attached hydrogen (secondary N) is 1. The van der Waals surface area contributed by atoms with Crippen molar-refractivity contribution >= 4 is 17.4 Å². The molecular formula is C14H17ClN2O. The lowest BCUT2D eigenvalue weighted by Gasteiger charge is -2.24. The van der Waals surface area contributed by atoms with E-state index in [9.17, 15) is 4.79 Å². The first-order chi connectivity index (χ1) is 8.67. The smallest absolute Gasteiger partial charge is 0.168 e. The summed E-state index contributed by atoms with van der Waals surface area (Å²) in [6.07, 6.45) is 3.92. The highest BCUT2D eigenvalue weighted by molar-refractivity contribution is 6.34. The van der Waals surface area contributed by atoms with Gasteiger partial charge in [0, 0.05) is 30.4 Å². The fourth-order valence-corrected chi connectivity index (χ4v) is 2.72. The normalized spacial score (nSPS) is 19.6. The number of halogens is 1. The molecule has 0 aromatic heterocycles. The Hall–Kier alpha value is -1.48. The number of hydrogen-bond donors (Lipinski definition) is 2. The van der Waals surface area contributed by atoms with Crippen LogP contribution in [-0.4, -0.2) is 12.8 Å². The van der Waals surface area contributed by atoms with Crippen molar-refractivity contribution in [2.45, 2.75) is 19.3 Å². The summed E-state index contributed by atoms with van der Waals surface area (Å²) in [5.41, 5.74) is 8.16. The monoisotopic (exact) mass is 264 g/mol. The fraction of sp³-hybridized carbons (Fsp3) is 0.357. The topological polar surface area (TPSA) is 55.1 Å². The van der Waals surface area contributed by atoms with Crippen LogP contribution >= 0.6 is 11.6 Å². The van der Waals surface area contributed by atoms with E-state index in [2.05, 4.69) is 5.32 Å². The number of allylic oxidation sites excluding steroid dienone is 1. The SMILES string of the molecule is CN/C(=C\N)CC1CCc2cccc(Cl)c2C1=O. The van der Waals surface area contributed by atoms with Crippen molar-refractivity contribution < 1.29 is 4.79 Å². The number of fused-ring (bicyclic) bond motifs is 1. The maximum atomic E-state index is 12.4. The maximum absolute atomic E-state index is 12.4. The lowest BCUT2D eigenvalue weighted by atomic mass is 9.80. The largest absolute Gasteiger partial charge is 0.403 e. The van der Waals surface area contributed by atoms with E-state index >= 15 is 0 Å². The van der Waals surface area contributed by atoms with Gasteiger partial charge in [0.25, 0.3) is 0 Å². The highest BCUT2D eigenvalue weighted by atomic mass is 35.5. The number of ketones is 1. The second kappa shape index (κ2) is 5.44. The highest BCUT2D eigenvalue weighted by Crippen LogP contribution is 2.33. The fourth-order valence-electron chi connectivity index (χ4n) is 2.43. The standard InChI is InChI=1S/C14H17ClN2O/c1-17-11(8-16)7-10-6-5-9-3-2-4-12(15)13(9)14(10)18/h2-4,8,10,17H,5-7,16H2,1H3/b11-8-. The minimum atomic E-state index is -0.0281. The molecule has 1 aromatic rings. The maximum Gasteiger partial charge on any atom is 0.168 e. The molecule has 0 aliphatic heterocycles. The summed E-state index contributed by atoms with van der Waals surface area (Å²) < 4.78 is 0. The first-order valence-electron chi connectivity index (χ1n) is 6.07. The quantitative estimate of drug-likeness (QED) is 0.882. The summed E-state index contributed by atoms with van der Waals surface area (Å²) in [7, 11) is 1.81. The Balaban J connectivity index is 2.25. The van der Waals surface area contributed by atoms with Crippen LogP contribution in [0.2, 0.25) is 5.02 Å². The number of rotatable bonds is 3. The van der Waals surface area contributed by atoms with Crippen LogP contribution in [0.3, 0.4) is 0 Å². The lowest BCUT2D eigenvalue weighted by molar-refractivity contribution is 0.0900. The number of carbonyl (C=O) groups is 1. The molecule has 4 heteroatoms. The van der Waals surface area contributed by atoms with Crippen molar-refractivity contribution in [3.05, 3.63) is 46.2 Å². The third-order valence-corrected chi connectivity index (χ3v) is 3.78. The Morgan fingerprint density at radius 3 is 3.06 bits per heavy atom. The average Bonchev–Trinajstić information content (AvgIpc) is 2.38. The van der Waals surface area contributed by atoms with E-state index < -0.39 is 0 Å². The summed E-state index contributed by atoms with van der Waals surface area (Å²) in [6, 6.07) is 5.65. The van der Waals surface area contributed by atoms with Crippen molar-refractivity contribution in [2.75, 3.05) is 7.05 Å². The van der Waals surface area contributed by atoms with Crippen molar-refractivity contribution in [3.63, 3.8) is 0 Å². The van der Waals surface area contributed by atoms with E-state index in [1.165, 1.54) is 6.20 Å². The number of aryl methyl sites for hydroxylation is 1. The second-order valence-electron chi connectivity index (χ2n) is 4.52. The van der Waals surface area contributed by atoms with Crippen LogP contribution in [0.4, 0.5) is 0 Å². The molecule has 0 spiro atoms. The predicted octanol–water partition coefficient (Wildman–Crippen LogP) is 2.49. The van der Waals surface area contributed by atoms with Gasteiger partial charge in [0.15, 0.2) is 5.78 Å². The highest BCUT2D eigenvalue weighted by Gasteiger charge is 2.29. The molecule has 0 amide bonds. The molecule has 0 heterocycles. The third-order valence-electron chi connectivity index (χ3n) is 3.47. The predicted molar refractivity (Wildman–Crippen MR) is 73.5 cm³/mol. The van der Waals surface area contributed by atoms with Crippen LogP contribution in [0.5, 0.6) is 0 Å². The number of Topliss-reactive ketones (excluding diaryl/α,β-unsaturated/α-hetero) is 1. The molecular weight excluding hydrogens is 248 g/mol. The van der Waals surface area contributed by atoms with Gasteiger partial charge in [-0.2, -0.15) is 0 Å². The zero-order valence-corrected chi connectivity index (χ0v) is 11.1. The van der Waals surface area contributed by atoms with Crippen LogP contribution in [0, 0.1) is 5.92 Å². The molecule has 3 N–H and O–H groups in total. The van der Waals surface area contributed by atoms with E-state index in [1.54, 1.807) is 6.07 Å². The third kappa shape index (κ3) is 2.36. The van der Waals surface area contributed by atoms with Gasteiger partial charge in [0.1, 0.15) is 0 Å². The first-order valence-corrected chi connectivity index (χ1v) is 6.45. The molecule has 96 valence electrons. The Kier molecular flexibility index (Phi) is 3.92. The minimum Gasteiger partial charge on any atom is -0.403 e. The van der Waals surface area contributed by atoms with Crippen LogP contribution in [0.15, 0.2) is 30.1 Å². The molecule has 0 bridgehead atoms. The van der Waals surface area contributed by atoms with Gasteiger partial charge in [-0.3, -0.25) is 4.79 Å². The molecule has 0 saturated heterocycles. The van der Waals surface area contributed by atoms with E-state index in [-0.39, 0.29) is 11.7 Å². The van der Waals surface area contributed by atoms with Gasteiger partial charge >= 0.3 is 0 Å². The minimum absolute atomic E-state index is 0.0281. The molecule has 1 aliphatic rings. The lowest BCUT2D eigenvalue weighted by Crippen LogP contribution is -2.25. The summed E-state index contributed by atoms with van der Waals surface area (Å²) in [6.45, 7) is 0. The molecule has 1 aromatic carbocycles. The number of benzene rings is 1. The molecule has 3 nitrogen and oxygen atoms in total. The molecule has 2 rings (SSSR count). The summed E-state index contributed by atoms with van der Waals surface area (Å²) in [5.74, 6) is 0.107. The van der Waals surface area contributed by atoms with Gasteiger partial charge in [-0.15, -0.1) is 0 Å². The van der Waals surface area contributed by atoms with Gasteiger partial charge in [-0.25, -0.2) is 0 Å². The molecule has 0 saturated carbocycles. The van der Waals surface area contributed by atoms with Crippen LogP contribution in [-0.2, 0) is 6.42 Å². The summed E-state index contributed by atoms with van der Waals surface area (Å²) in [4.78, 5) is 12.4. The van der Waals surface area contributed by atoms with Gasteiger partial charge in [0.05, 0.1) is 5.02 Å². The number of nitrogens with two attached hydrogens (primary N) is 1. The van der Waals surface area contributed by atoms with Gasteiger partial charge in [-0.1, -0.05) is 23.7 Å². The Labute approximate surface area is 112 Å². The number of carbonyl (C=O) groups excluding carboxylic acids is 1. The van der Waals surface area contributed by atoms with Crippen LogP contribution < -0.4 is 11.1 Å². The van der Waals surface area contributed by atoms with Crippen molar-refractivity contribution in [2.24, 2.45) is 11.7 Å². The van der Waals surface area contributed by atoms with Crippen LogP contribution in [0.1, 0.15) is 28.8 Å². The van der Waals surface area contributed by atoms with Crippen LogP contribution in [0.25, 0.3) is 0 Å². The zero-order valence-electron chi connectivity index (χ0n) is 10.4. The van der Waals surface area contributed by atoms with E-state index in [1.807, 2.05) is 19.2 Å². The molecule has 1 atom stereocenters. The van der Waals surface area contributed by atoms with E-state index in [0.717, 1.165) is 24.1 Å². The zero-order chi connectivity index (χ0) is 13.1. The van der Waals surface area contributed by atoms with Crippen molar-refractivity contribution in [1.29, 1.82) is 0 Å². The van der Waals surface area contributed by atoms with E-state index in [0.29, 0.717) is 17.0 Å². The number of hydrogen-bond acceptors (Lipinski definition) is 3. The van der Waals surface area contributed by atoms with Crippen molar-refractivity contribution in [3.8, 4) is 0 Å². The van der Waals surface area contributed by atoms with Gasteiger partial charge in [0.2, 0.25) is 0 Å². The Morgan fingerprint density at radius 2 is 2.39 bits per heavy atom. The molecule has 1 unspecified atom stereocenters. The molecule has 0 fully saturated rings. The Morgan fingerprint density at radius 1 is 1.61 bits per heavy atom.